The minimum atomic E-state index is -0.0401. The van der Waals surface area contributed by atoms with Crippen molar-refractivity contribution in [2.75, 3.05) is 0 Å². The van der Waals surface area contributed by atoms with Gasteiger partial charge in [-0.1, -0.05) is 13.8 Å². The smallest absolute Gasteiger partial charge is 0.149 e. The fourth-order valence-corrected chi connectivity index (χ4v) is 2.36. The number of hydrogen-bond donors (Lipinski definition) is 2. The Hall–Kier alpha value is -1.58. The Morgan fingerprint density at radius 2 is 2.11 bits per heavy atom. The summed E-state index contributed by atoms with van der Waals surface area (Å²) in [5.74, 6) is 0.594. The van der Waals surface area contributed by atoms with Crippen LogP contribution in [0.1, 0.15) is 45.2 Å². The van der Waals surface area contributed by atoms with Gasteiger partial charge in [-0.2, -0.15) is 0 Å². The number of ether oxygens (including phenoxy) is 1. The largest absolute Gasteiger partial charge is 0.488 e. The van der Waals surface area contributed by atoms with E-state index in [4.69, 9.17) is 15.9 Å². The predicted octanol–water partition coefficient (Wildman–Crippen LogP) is 2.71. The second kappa shape index (κ2) is 4.96. The summed E-state index contributed by atoms with van der Waals surface area (Å²) in [7, 11) is 0. The third kappa shape index (κ3) is 3.00. The number of nitrogen functional groups attached to an aromatic ring is 1. The Morgan fingerprint density at radius 3 is 2.72 bits per heavy atom. The lowest BCUT2D eigenvalue weighted by Crippen LogP contribution is -2.29. The van der Waals surface area contributed by atoms with E-state index in [9.17, 15) is 0 Å². The topological polar surface area (TPSA) is 72.0 Å². The van der Waals surface area contributed by atoms with Crippen molar-refractivity contribution >= 4 is 5.84 Å². The van der Waals surface area contributed by atoms with Gasteiger partial charge in [0.25, 0.3) is 0 Å². The van der Waals surface area contributed by atoms with Gasteiger partial charge in [0.1, 0.15) is 17.3 Å². The van der Waals surface area contributed by atoms with E-state index in [1.807, 2.05) is 12.1 Å². The van der Waals surface area contributed by atoms with Gasteiger partial charge in [-0.15, -0.1) is 0 Å². The number of pyridine rings is 1. The summed E-state index contributed by atoms with van der Waals surface area (Å²) in [6, 6.07) is 3.65. The molecule has 4 nitrogen and oxygen atoms in total. The molecule has 1 heterocycles. The first-order valence-corrected chi connectivity index (χ1v) is 6.44. The molecule has 1 saturated carbocycles. The number of nitrogens with one attached hydrogen (secondary N) is 1. The Morgan fingerprint density at radius 1 is 1.44 bits per heavy atom. The van der Waals surface area contributed by atoms with Gasteiger partial charge in [0.2, 0.25) is 0 Å². The highest BCUT2D eigenvalue weighted by Crippen LogP contribution is 2.36. The fraction of sp³-hybridized carbons (Fsp3) is 0.571. The molecule has 0 unspecified atom stereocenters. The van der Waals surface area contributed by atoms with Crippen LogP contribution in [0.15, 0.2) is 18.3 Å². The van der Waals surface area contributed by atoms with Crippen LogP contribution in [-0.2, 0) is 0 Å². The predicted molar refractivity (Wildman–Crippen MR) is 71.9 cm³/mol. The van der Waals surface area contributed by atoms with Gasteiger partial charge < -0.3 is 10.5 Å². The van der Waals surface area contributed by atoms with Crippen LogP contribution in [0.25, 0.3) is 0 Å². The van der Waals surface area contributed by atoms with Gasteiger partial charge >= 0.3 is 0 Å². The molecule has 0 atom stereocenters. The van der Waals surface area contributed by atoms with Crippen molar-refractivity contribution in [1.29, 1.82) is 5.41 Å². The Balaban J connectivity index is 2.04. The number of rotatable bonds is 3. The molecule has 0 amide bonds. The molecular formula is C14H21N3O. The Labute approximate surface area is 108 Å². The van der Waals surface area contributed by atoms with Gasteiger partial charge in [-0.05, 0) is 43.2 Å². The molecule has 2 rings (SSSR count). The summed E-state index contributed by atoms with van der Waals surface area (Å²) in [6.07, 6.45) is 6.31. The maximum atomic E-state index is 7.49. The molecule has 98 valence electrons. The van der Waals surface area contributed by atoms with Gasteiger partial charge in [-0.3, -0.25) is 5.41 Å². The average Bonchev–Trinajstić information content (AvgIpc) is 2.32. The van der Waals surface area contributed by atoms with Crippen LogP contribution < -0.4 is 10.5 Å². The Bertz CT molecular complexity index is 432. The highest BCUT2D eigenvalue weighted by atomic mass is 16.5. The van der Waals surface area contributed by atoms with Gasteiger partial charge in [0, 0.05) is 6.20 Å². The third-order valence-electron chi connectivity index (χ3n) is 3.61. The molecule has 0 saturated heterocycles. The molecule has 1 aliphatic rings. The van der Waals surface area contributed by atoms with Crippen LogP contribution >= 0.6 is 0 Å². The zero-order chi connectivity index (χ0) is 13.2. The summed E-state index contributed by atoms with van der Waals surface area (Å²) < 4.78 is 5.96. The van der Waals surface area contributed by atoms with Crippen molar-refractivity contribution in [3.63, 3.8) is 0 Å². The van der Waals surface area contributed by atoms with Crippen LogP contribution in [0.2, 0.25) is 0 Å². The highest BCUT2D eigenvalue weighted by Gasteiger charge is 2.28. The molecule has 1 aliphatic carbocycles. The monoisotopic (exact) mass is 247 g/mol. The van der Waals surface area contributed by atoms with Crippen LogP contribution in [0.5, 0.6) is 5.75 Å². The van der Waals surface area contributed by atoms with Gasteiger partial charge in [0.15, 0.2) is 0 Å². The van der Waals surface area contributed by atoms with E-state index in [0.717, 1.165) is 12.8 Å². The first kappa shape index (κ1) is 12.9. The minimum absolute atomic E-state index is 0.0401. The summed E-state index contributed by atoms with van der Waals surface area (Å²) >= 11 is 0. The molecule has 1 aromatic heterocycles. The van der Waals surface area contributed by atoms with Crippen LogP contribution in [-0.4, -0.2) is 16.9 Å². The van der Waals surface area contributed by atoms with Crippen molar-refractivity contribution in [3.8, 4) is 5.75 Å². The maximum Gasteiger partial charge on any atom is 0.149 e. The summed E-state index contributed by atoms with van der Waals surface area (Å²) in [4.78, 5) is 4.10. The normalized spacial score (nSPS) is 19.4. The molecule has 0 spiro atoms. The fourth-order valence-electron chi connectivity index (χ4n) is 2.36. The van der Waals surface area contributed by atoms with Crippen LogP contribution in [0.3, 0.4) is 0 Å². The lowest BCUT2D eigenvalue weighted by molar-refractivity contribution is 0.0983. The summed E-state index contributed by atoms with van der Waals surface area (Å²) in [6.45, 7) is 4.60. The number of hydrogen-bond acceptors (Lipinski definition) is 3. The molecule has 18 heavy (non-hydrogen) atoms. The summed E-state index contributed by atoms with van der Waals surface area (Å²) in [5, 5.41) is 7.49. The van der Waals surface area contributed by atoms with Crippen molar-refractivity contribution in [2.45, 2.75) is 45.6 Å². The molecule has 4 heteroatoms. The maximum absolute atomic E-state index is 7.49. The Kier molecular flexibility index (Phi) is 3.55. The van der Waals surface area contributed by atoms with Crippen LogP contribution in [0, 0.1) is 10.8 Å². The van der Waals surface area contributed by atoms with E-state index in [-0.39, 0.29) is 11.9 Å². The molecule has 0 radical (unpaired) electrons. The zero-order valence-corrected chi connectivity index (χ0v) is 11.1. The van der Waals surface area contributed by atoms with Gasteiger partial charge in [0.05, 0.1) is 6.10 Å². The first-order valence-electron chi connectivity index (χ1n) is 6.44. The van der Waals surface area contributed by atoms with E-state index in [2.05, 4.69) is 18.8 Å². The molecule has 1 aromatic rings. The second-order valence-electron chi connectivity index (χ2n) is 5.75. The van der Waals surface area contributed by atoms with Gasteiger partial charge in [-0.25, -0.2) is 4.98 Å². The van der Waals surface area contributed by atoms with E-state index < -0.39 is 0 Å². The molecule has 0 bridgehead atoms. The quantitative estimate of drug-likeness (QED) is 0.637. The number of amidine groups is 1. The third-order valence-corrected chi connectivity index (χ3v) is 3.61. The molecule has 0 aromatic carbocycles. The van der Waals surface area contributed by atoms with E-state index >= 15 is 0 Å². The van der Waals surface area contributed by atoms with E-state index in [0.29, 0.717) is 16.9 Å². The zero-order valence-electron chi connectivity index (χ0n) is 11.1. The van der Waals surface area contributed by atoms with Crippen molar-refractivity contribution < 1.29 is 4.74 Å². The van der Waals surface area contributed by atoms with E-state index in [1.54, 1.807) is 6.20 Å². The lowest BCUT2D eigenvalue weighted by atomic mass is 9.76. The number of aromatic nitrogens is 1. The number of nitrogens with two attached hydrogens (primary N) is 1. The molecule has 3 N–H and O–H groups in total. The highest BCUT2D eigenvalue weighted by molar-refractivity contribution is 5.95. The van der Waals surface area contributed by atoms with Crippen molar-refractivity contribution in [3.05, 3.63) is 24.0 Å². The SMILES string of the molecule is CC1(C)CCC(Oc2cccnc2C(=N)N)CC1. The van der Waals surface area contributed by atoms with Crippen molar-refractivity contribution in [2.24, 2.45) is 11.1 Å². The van der Waals surface area contributed by atoms with E-state index in [1.165, 1.54) is 12.8 Å². The molecule has 0 aliphatic heterocycles. The van der Waals surface area contributed by atoms with Crippen LogP contribution in [0.4, 0.5) is 0 Å². The first-order chi connectivity index (χ1) is 8.48. The van der Waals surface area contributed by atoms with Crippen molar-refractivity contribution in [1.82, 2.24) is 4.98 Å². The standard InChI is InChI=1S/C14H21N3O/c1-14(2)7-5-10(6-8-14)18-11-4-3-9-17-12(11)13(15)16/h3-4,9-10H,5-8H2,1-2H3,(H3,15,16). The minimum Gasteiger partial charge on any atom is -0.488 e. The lowest BCUT2D eigenvalue weighted by Gasteiger charge is -2.34. The number of nitrogens with zero attached hydrogens (tertiary/aromatic N) is 1. The molecule has 1 fully saturated rings. The average molecular weight is 247 g/mol. The summed E-state index contributed by atoms with van der Waals surface area (Å²) in [5.41, 5.74) is 6.38. The second-order valence-corrected chi connectivity index (χ2v) is 5.75. The molecular weight excluding hydrogens is 226 g/mol.